The molecule has 0 radical (unpaired) electrons. The van der Waals surface area contributed by atoms with E-state index in [-0.39, 0.29) is 5.82 Å². The van der Waals surface area contributed by atoms with Crippen molar-refractivity contribution >= 4 is 5.82 Å². The zero-order valence-electron chi connectivity index (χ0n) is 12.6. The highest BCUT2D eigenvalue weighted by Gasteiger charge is 2.30. The summed E-state index contributed by atoms with van der Waals surface area (Å²) in [6, 6.07) is 0.345. The zero-order chi connectivity index (χ0) is 14.7. The molecule has 0 bridgehead atoms. The van der Waals surface area contributed by atoms with E-state index < -0.39 is 0 Å². The number of nitrogens with zero attached hydrogens (tertiary/aromatic N) is 4. The molecular formula is C15H23FN4O. The Morgan fingerprint density at radius 2 is 2.10 bits per heavy atom. The van der Waals surface area contributed by atoms with E-state index in [0.29, 0.717) is 24.0 Å². The maximum Gasteiger partial charge on any atom is 0.187 e. The Hall–Kier alpha value is -1.27. The number of aryl methyl sites for hydroxylation is 1. The van der Waals surface area contributed by atoms with E-state index in [9.17, 15) is 4.39 Å². The Morgan fingerprint density at radius 1 is 1.29 bits per heavy atom. The number of aromatic nitrogens is 2. The van der Waals surface area contributed by atoms with Gasteiger partial charge in [0.05, 0.1) is 18.9 Å². The monoisotopic (exact) mass is 294 g/mol. The second-order valence-electron chi connectivity index (χ2n) is 5.71. The molecule has 0 amide bonds. The minimum absolute atomic E-state index is 0.242. The van der Waals surface area contributed by atoms with Gasteiger partial charge in [0.1, 0.15) is 6.33 Å². The van der Waals surface area contributed by atoms with Crippen LogP contribution in [-0.2, 0) is 11.2 Å². The van der Waals surface area contributed by atoms with Crippen LogP contribution in [0.15, 0.2) is 6.33 Å². The van der Waals surface area contributed by atoms with Gasteiger partial charge in [-0.3, -0.25) is 4.90 Å². The van der Waals surface area contributed by atoms with Crippen LogP contribution in [0.3, 0.4) is 0 Å². The SMILES string of the molecule is CCc1ncnc(N2CCC[C@H]2CN2CCOCC2)c1F. The third-order valence-corrected chi connectivity index (χ3v) is 4.40. The molecule has 2 fully saturated rings. The number of anilines is 1. The van der Waals surface area contributed by atoms with Crippen LogP contribution < -0.4 is 4.90 Å². The van der Waals surface area contributed by atoms with Gasteiger partial charge in [-0.05, 0) is 19.3 Å². The Labute approximate surface area is 125 Å². The minimum atomic E-state index is -0.242. The lowest BCUT2D eigenvalue weighted by atomic mass is 10.2. The third-order valence-electron chi connectivity index (χ3n) is 4.40. The summed E-state index contributed by atoms with van der Waals surface area (Å²) < 4.78 is 19.9. The van der Waals surface area contributed by atoms with Crippen molar-refractivity contribution in [3.05, 3.63) is 17.8 Å². The molecule has 21 heavy (non-hydrogen) atoms. The van der Waals surface area contributed by atoms with Crippen molar-refractivity contribution in [2.45, 2.75) is 32.2 Å². The molecule has 1 aromatic rings. The molecule has 116 valence electrons. The highest BCUT2D eigenvalue weighted by Crippen LogP contribution is 2.27. The maximum atomic E-state index is 14.5. The van der Waals surface area contributed by atoms with Crippen molar-refractivity contribution in [1.82, 2.24) is 14.9 Å². The van der Waals surface area contributed by atoms with E-state index in [1.807, 2.05) is 6.92 Å². The first-order valence-electron chi connectivity index (χ1n) is 7.85. The molecule has 1 aromatic heterocycles. The van der Waals surface area contributed by atoms with Gasteiger partial charge >= 0.3 is 0 Å². The van der Waals surface area contributed by atoms with Crippen LogP contribution in [0.2, 0.25) is 0 Å². The summed E-state index contributed by atoms with van der Waals surface area (Å²) in [6.45, 7) is 7.31. The number of halogens is 1. The molecule has 2 saturated heterocycles. The van der Waals surface area contributed by atoms with Crippen LogP contribution in [0, 0.1) is 5.82 Å². The van der Waals surface area contributed by atoms with E-state index in [2.05, 4.69) is 19.8 Å². The van der Waals surface area contributed by atoms with E-state index >= 15 is 0 Å². The molecule has 0 saturated carbocycles. The number of rotatable bonds is 4. The maximum absolute atomic E-state index is 14.5. The standard InChI is InChI=1S/C15H23FN4O/c1-2-13-14(16)15(18-11-17-13)20-5-3-4-12(20)10-19-6-8-21-9-7-19/h11-12H,2-10H2,1H3/t12-/m0/s1. The number of hydrogen-bond acceptors (Lipinski definition) is 5. The molecule has 3 heterocycles. The Balaban J connectivity index is 1.74. The molecule has 0 unspecified atom stereocenters. The molecule has 5 nitrogen and oxygen atoms in total. The molecule has 0 aliphatic carbocycles. The summed E-state index contributed by atoms with van der Waals surface area (Å²) >= 11 is 0. The van der Waals surface area contributed by atoms with Crippen LogP contribution in [-0.4, -0.2) is 60.3 Å². The molecule has 0 aromatic carbocycles. The summed E-state index contributed by atoms with van der Waals surface area (Å²) in [5.74, 6) is 0.242. The number of hydrogen-bond donors (Lipinski definition) is 0. The van der Waals surface area contributed by atoms with Gasteiger partial charge in [0.2, 0.25) is 0 Å². The summed E-state index contributed by atoms with van der Waals surface area (Å²) in [4.78, 5) is 12.8. The first-order valence-corrected chi connectivity index (χ1v) is 7.85. The van der Waals surface area contributed by atoms with E-state index in [4.69, 9.17) is 4.74 Å². The van der Waals surface area contributed by atoms with Gasteiger partial charge in [-0.1, -0.05) is 6.92 Å². The Kier molecular flexibility index (Phi) is 4.65. The normalized spacial score (nSPS) is 23.7. The first kappa shape index (κ1) is 14.7. The summed E-state index contributed by atoms with van der Waals surface area (Å²) in [5.41, 5.74) is 0.511. The molecule has 1 atom stereocenters. The van der Waals surface area contributed by atoms with E-state index in [1.54, 1.807) is 0 Å². The number of morpholine rings is 1. The van der Waals surface area contributed by atoms with Gasteiger partial charge in [-0.15, -0.1) is 0 Å². The lowest BCUT2D eigenvalue weighted by molar-refractivity contribution is 0.0354. The fraction of sp³-hybridized carbons (Fsp3) is 0.733. The van der Waals surface area contributed by atoms with Crippen molar-refractivity contribution < 1.29 is 9.13 Å². The fourth-order valence-electron chi connectivity index (χ4n) is 3.23. The average Bonchev–Trinajstić information content (AvgIpc) is 2.96. The Morgan fingerprint density at radius 3 is 2.86 bits per heavy atom. The van der Waals surface area contributed by atoms with Crippen molar-refractivity contribution in [3.63, 3.8) is 0 Å². The smallest absolute Gasteiger partial charge is 0.187 e. The van der Waals surface area contributed by atoms with Crippen LogP contribution in [0.5, 0.6) is 0 Å². The highest BCUT2D eigenvalue weighted by molar-refractivity contribution is 5.43. The van der Waals surface area contributed by atoms with Crippen molar-refractivity contribution in [3.8, 4) is 0 Å². The summed E-state index contributed by atoms with van der Waals surface area (Å²) in [5, 5.41) is 0. The van der Waals surface area contributed by atoms with E-state index in [1.165, 1.54) is 6.33 Å². The van der Waals surface area contributed by atoms with Crippen molar-refractivity contribution in [2.24, 2.45) is 0 Å². The predicted molar refractivity (Wildman–Crippen MR) is 79.0 cm³/mol. The minimum Gasteiger partial charge on any atom is -0.379 e. The number of ether oxygens (including phenoxy) is 1. The quantitative estimate of drug-likeness (QED) is 0.841. The topological polar surface area (TPSA) is 41.5 Å². The van der Waals surface area contributed by atoms with E-state index in [0.717, 1.165) is 52.2 Å². The summed E-state index contributed by atoms with van der Waals surface area (Å²) in [7, 11) is 0. The zero-order valence-corrected chi connectivity index (χ0v) is 12.6. The van der Waals surface area contributed by atoms with Gasteiger partial charge < -0.3 is 9.64 Å². The third kappa shape index (κ3) is 3.16. The predicted octanol–water partition coefficient (Wildman–Crippen LogP) is 1.48. The van der Waals surface area contributed by atoms with Crippen molar-refractivity contribution in [1.29, 1.82) is 0 Å². The molecule has 2 aliphatic heterocycles. The summed E-state index contributed by atoms with van der Waals surface area (Å²) in [6.07, 6.45) is 4.28. The van der Waals surface area contributed by atoms with Gasteiger partial charge in [-0.2, -0.15) is 0 Å². The lowest BCUT2D eigenvalue weighted by Gasteiger charge is -2.33. The second-order valence-corrected chi connectivity index (χ2v) is 5.71. The fourth-order valence-corrected chi connectivity index (χ4v) is 3.23. The molecule has 6 heteroatoms. The van der Waals surface area contributed by atoms with Crippen molar-refractivity contribution in [2.75, 3.05) is 44.3 Å². The van der Waals surface area contributed by atoms with Gasteiger partial charge in [0.25, 0.3) is 0 Å². The largest absolute Gasteiger partial charge is 0.379 e. The van der Waals surface area contributed by atoms with Crippen LogP contribution in [0.25, 0.3) is 0 Å². The molecule has 2 aliphatic rings. The first-order chi connectivity index (χ1) is 10.3. The van der Waals surface area contributed by atoms with Gasteiger partial charge in [-0.25, -0.2) is 14.4 Å². The van der Waals surface area contributed by atoms with Crippen LogP contribution in [0.1, 0.15) is 25.5 Å². The molecule has 0 spiro atoms. The lowest BCUT2D eigenvalue weighted by Crippen LogP contribution is -2.45. The molecular weight excluding hydrogens is 271 g/mol. The average molecular weight is 294 g/mol. The second kappa shape index (κ2) is 6.66. The van der Waals surface area contributed by atoms with Crippen LogP contribution >= 0.6 is 0 Å². The van der Waals surface area contributed by atoms with Gasteiger partial charge in [0, 0.05) is 32.2 Å². The van der Waals surface area contributed by atoms with Gasteiger partial charge in [0.15, 0.2) is 11.6 Å². The highest BCUT2D eigenvalue weighted by atomic mass is 19.1. The van der Waals surface area contributed by atoms with Crippen LogP contribution in [0.4, 0.5) is 10.2 Å². The Bertz CT molecular complexity index is 479. The molecule has 3 rings (SSSR count). The molecule has 0 N–H and O–H groups in total.